The minimum absolute atomic E-state index is 0.135. The lowest BCUT2D eigenvalue weighted by Gasteiger charge is -2.12. The van der Waals surface area contributed by atoms with Crippen LogP contribution in [0.5, 0.6) is 0 Å². The molecule has 0 N–H and O–H groups in total. The third kappa shape index (κ3) is 5.19. The molecule has 0 aromatic heterocycles. The summed E-state index contributed by atoms with van der Waals surface area (Å²) in [5.74, 6) is -3.29. The van der Waals surface area contributed by atoms with Gasteiger partial charge in [0.25, 0.3) is 0 Å². The van der Waals surface area contributed by atoms with E-state index in [9.17, 15) is 26.3 Å². The fourth-order valence-corrected chi connectivity index (χ4v) is 4.24. The van der Waals surface area contributed by atoms with Gasteiger partial charge in [-0.2, -0.15) is 13.2 Å². The average molecular weight is 490 g/mol. The topological polar surface area (TPSA) is 0 Å². The predicted octanol–water partition coefficient (Wildman–Crippen LogP) is 8.82. The normalized spacial score (nSPS) is 11.9. The van der Waals surface area contributed by atoms with E-state index in [0.717, 1.165) is 12.5 Å². The van der Waals surface area contributed by atoms with Crippen LogP contribution in [0.25, 0.3) is 21.9 Å². The summed E-state index contributed by atoms with van der Waals surface area (Å²) >= 11 is 0. The van der Waals surface area contributed by atoms with Gasteiger partial charge < -0.3 is 0 Å². The lowest BCUT2D eigenvalue weighted by Crippen LogP contribution is -2.08. The van der Waals surface area contributed by atoms with Crippen LogP contribution in [-0.4, -0.2) is 0 Å². The van der Waals surface area contributed by atoms with Crippen molar-refractivity contribution >= 4 is 10.8 Å². The second-order valence-corrected chi connectivity index (χ2v) is 8.47. The molecule has 0 aliphatic carbocycles. The van der Waals surface area contributed by atoms with Gasteiger partial charge in [0.1, 0.15) is 23.3 Å². The van der Waals surface area contributed by atoms with Crippen LogP contribution in [0, 0.1) is 23.3 Å². The van der Waals surface area contributed by atoms with E-state index in [-0.39, 0.29) is 29.4 Å². The van der Waals surface area contributed by atoms with E-state index in [1.54, 1.807) is 6.07 Å². The second-order valence-electron chi connectivity index (χ2n) is 8.47. The minimum Gasteiger partial charge on any atom is -0.206 e. The van der Waals surface area contributed by atoms with Crippen LogP contribution in [0.2, 0.25) is 0 Å². The lowest BCUT2D eigenvalue weighted by atomic mass is 9.95. The van der Waals surface area contributed by atoms with Gasteiger partial charge in [0, 0.05) is 5.39 Å². The highest BCUT2D eigenvalue weighted by atomic mass is 19.4. The number of halogens is 7. The predicted molar refractivity (Wildman–Crippen MR) is 122 cm³/mol. The van der Waals surface area contributed by atoms with Crippen LogP contribution >= 0.6 is 0 Å². The van der Waals surface area contributed by atoms with Gasteiger partial charge in [-0.25, -0.2) is 17.6 Å². The van der Waals surface area contributed by atoms with Crippen molar-refractivity contribution < 1.29 is 30.7 Å². The van der Waals surface area contributed by atoms with Gasteiger partial charge in [0.15, 0.2) is 0 Å². The number of hydrogen-bond donors (Lipinski definition) is 0. The molecular formula is C28H21F7. The molecule has 0 atom stereocenters. The first-order chi connectivity index (χ1) is 16.6. The Morgan fingerprint density at radius 1 is 0.657 bits per heavy atom. The standard InChI is InChI=1S/C28H21F7/c1-2-3-17-13-24(30)26(25(31)14-17)20-9-10-21-19(15-20)8-7-18(27(21)32)6-4-16-5-11-22(23(29)12-16)28(33,34)35/h5,7-15H,2-4,6H2,1H3. The fourth-order valence-electron chi connectivity index (χ4n) is 4.24. The zero-order valence-electron chi connectivity index (χ0n) is 18.7. The molecule has 0 amide bonds. The Labute approximate surface area is 198 Å². The highest BCUT2D eigenvalue weighted by molar-refractivity contribution is 5.88. The molecular weight excluding hydrogens is 469 g/mol. The van der Waals surface area contributed by atoms with Crippen LogP contribution in [-0.2, 0) is 25.4 Å². The van der Waals surface area contributed by atoms with Gasteiger partial charge >= 0.3 is 6.18 Å². The van der Waals surface area contributed by atoms with E-state index in [4.69, 9.17) is 0 Å². The number of rotatable bonds is 6. The Bertz CT molecular complexity index is 1360. The Kier molecular flexibility index (Phi) is 6.88. The van der Waals surface area contributed by atoms with Gasteiger partial charge in [-0.15, -0.1) is 0 Å². The molecule has 0 nitrogen and oxygen atoms in total. The molecule has 35 heavy (non-hydrogen) atoms. The summed E-state index contributed by atoms with van der Waals surface area (Å²) in [5.41, 5.74) is -0.0735. The van der Waals surface area contributed by atoms with Crippen molar-refractivity contribution in [2.75, 3.05) is 0 Å². The first-order valence-corrected chi connectivity index (χ1v) is 11.1. The minimum atomic E-state index is -4.78. The molecule has 0 saturated carbocycles. The van der Waals surface area contributed by atoms with Crippen molar-refractivity contribution in [2.24, 2.45) is 0 Å². The monoisotopic (exact) mass is 490 g/mol. The van der Waals surface area contributed by atoms with Gasteiger partial charge in [-0.1, -0.05) is 43.7 Å². The molecule has 4 rings (SSSR count). The molecule has 0 heterocycles. The maximum atomic E-state index is 15.1. The lowest BCUT2D eigenvalue weighted by molar-refractivity contribution is -0.140. The van der Waals surface area contributed by atoms with Crippen molar-refractivity contribution in [3.8, 4) is 11.1 Å². The molecule has 182 valence electrons. The molecule has 4 aromatic carbocycles. The summed E-state index contributed by atoms with van der Waals surface area (Å²) in [6, 6.07) is 12.8. The molecule has 0 spiro atoms. The van der Waals surface area contributed by atoms with E-state index in [0.29, 0.717) is 34.6 Å². The zero-order chi connectivity index (χ0) is 25.3. The zero-order valence-corrected chi connectivity index (χ0v) is 18.7. The number of aryl methyl sites for hydroxylation is 3. The summed E-state index contributed by atoms with van der Waals surface area (Å²) in [5, 5.41) is 0.689. The Morgan fingerprint density at radius 2 is 1.34 bits per heavy atom. The molecule has 0 aliphatic rings. The molecule has 7 heteroatoms. The van der Waals surface area contributed by atoms with E-state index in [1.165, 1.54) is 42.5 Å². The average Bonchev–Trinajstić information content (AvgIpc) is 2.77. The second kappa shape index (κ2) is 9.72. The Hall–Kier alpha value is -3.35. The van der Waals surface area contributed by atoms with Crippen LogP contribution in [0.15, 0.2) is 60.7 Å². The van der Waals surface area contributed by atoms with E-state index < -0.39 is 35.0 Å². The molecule has 0 unspecified atom stereocenters. The quantitative estimate of drug-likeness (QED) is 0.237. The van der Waals surface area contributed by atoms with E-state index in [2.05, 4.69) is 0 Å². The highest BCUT2D eigenvalue weighted by Crippen LogP contribution is 2.33. The fraction of sp³-hybridized carbons (Fsp3) is 0.214. The maximum Gasteiger partial charge on any atom is 0.419 e. The number of hydrogen-bond acceptors (Lipinski definition) is 0. The van der Waals surface area contributed by atoms with Crippen molar-refractivity contribution in [2.45, 2.75) is 38.8 Å². The van der Waals surface area contributed by atoms with E-state index in [1.807, 2.05) is 6.92 Å². The first kappa shape index (κ1) is 24.8. The van der Waals surface area contributed by atoms with Gasteiger partial charge in [-0.3, -0.25) is 0 Å². The Morgan fingerprint density at radius 3 is 1.97 bits per heavy atom. The number of alkyl halides is 3. The van der Waals surface area contributed by atoms with E-state index >= 15 is 4.39 Å². The summed E-state index contributed by atoms with van der Waals surface area (Å²) in [6.07, 6.45) is -3.20. The first-order valence-electron chi connectivity index (χ1n) is 11.1. The third-order valence-electron chi connectivity index (χ3n) is 5.99. The van der Waals surface area contributed by atoms with Crippen molar-refractivity contribution in [1.29, 1.82) is 0 Å². The molecule has 0 saturated heterocycles. The van der Waals surface area contributed by atoms with Crippen molar-refractivity contribution in [3.63, 3.8) is 0 Å². The van der Waals surface area contributed by atoms with Crippen LogP contribution in [0.3, 0.4) is 0 Å². The van der Waals surface area contributed by atoms with Crippen LogP contribution < -0.4 is 0 Å². The summed E-state index contributed by atoms with van der Waals surface area (Å²) in [4.78, 5) is 0. The van der Waals surface area contributed by atoms with Crippen molar-refractivity contribution in [1.82, 2.24) is 0 Å². The number of fused-ring (bicyclic) bond motifs is 1. The van der Waals surface area contributed by atoms with Crippen molar-refractivity contribution in [3.05, 3.63) is 106 Å². The molecule has 0 fully saturated rings. The van der Waals surface area contributed by atoms with Crippen LogP contribution in [0.4, 0.5) is 30.7 Å². The largest absolute Gasteiger partial charge is 0.419 e. The molecule has 0 aliphatic heterocycles. The van der Waals surface area contributed by atoms with Gasteiger partial charge in [0.05, 0.1) is 11.1 Å². The maximum absolute atomic E-state index is 15.1. The molecule has 0 radical (unpaired) electrons. The highest BCUT2D eigenvalue weighted by Gasteiger charge is 2.33. The number of benzene rings is 4. The summed E-state index contributed by atoms with van der Waals surface area (Å²) < 4.78 is 96.4. The molecule has 4 aromatic rings. The van der Waals surface area contributed by atoms with Gasteiger partial charge in [0.2, 0.25) is 0 Å². The Balaban J connectivity index is 1.59. The SMILES string of the molecule is CCCc1cc(F)c(-c2ccc3c(F)c(CCc4ccc(C(F)(F)F)c(F)c4)ccc3c2)c(F)c1. The third-order valence-corrected chi connectivity index (χ3v) is 5.99. The smallest absolute Gasteiger partial charge is 0.206 e. The van der Waals surface area contributed by atoms with Crippen LogP contribution in [0.1, 0.15) is 35.6 Å². The molecule has 0 bridgehead atoms. The summed E-state index contributed by atoms with van der Waals surface area (Å²) in [7, 11) is 0. The van der Waals surface area contributed by atoms with Gasteiger partial charge in [-0.05, 0) is 77.2 Å². The summed E-state index contributed by atoms with van der Waals surface area (Å²) in [6.45, 7) is 1.91.